The van der Waals surface area contributed by atoms with E-state index in [2.05, 4.69) is 49.3 Å². The smallest absolute Gasteiger partial charge is 0.281 e. The van der Waals surface area contributed by atoms with Crippen LogP contribution in [0.1, 0.15) is 41.6 Å². The van der Waals surface area contributed by atoms with E-state index in [1.807, 2.05) is 23.6 Å². The van der Waals surface area contributed by atoms with Crippen LogP contribution in [0.4, 0.5) is 5.69 Å². The Morgan fingerprint density at radius 2 is 2.16 bits per heavy atom. The van der Waals surface area contributed by atoms with Crippen LogP contribution in [0.25, 0.3) is 5.57 Å². The SMILES string of the molecule is CC1=CC(C)(C)N(C)c2cc(Cl)c(/C=N\NC(=O)c3cccs3)cc21. The van der Waals surface area contributed by atoms with Crippen molar-refractivity contribution in [1.82, 2.24) is 5.43 Å². The van der Waals surface area contributed by atoms with Gasteiger partial charge in [0.15, 0.2) is 0 Å². The monoisotopic (exact) mass is 373 g/mol. The predicted molar refractivity (Wildman–Crippen MR) is 107 cm³/mol. The van der Waals surface area contributed by atoms with Crippen LogP contribution >= 0.6 is 22.9 Å². The summed E-state index contributed by atoms with van der Waals surface area (Å²) in [4.78, 5) is 14.7. The van der Waals surface area contributed by atoms with Gasteiger partial charge in [-0.25, -0.2) is 5.43 Å². The third-order valence-electron chi connectivity index (χ3n) is 4.45. The van der Waals surface area contributed by atoms with Crippen LogP contribution in [-0.4, -0.2) is 24.7 Å². The number of carbonyl (C=O) groups excluding carboxylic acids is 1. The van der Waals surface area contributed by atoms with Gasteiger partial charge in [-0.1, -0.05) is 23.7 Å². The van der Waals surface area contributed by atoms with Gasteiger partial charge in [0.1, 0.15) is 0 Å². The molecule has 25 heavy (non-hydrogen) atoms. The molecule has 3 rings (SSSR count). The van der Waals surface area contributed by atoms with Gasteiger partial charge in [-0.2, -0.15) is 5.10 Å². The quantitative estimate of drug-likeness (QED) is 0.620. The molecule has 0 fully saturated rings. The molecule has 4 nitrogen and oxygen atoms in total. The lowest BCUT2D eigenvalue weighted by molar-refractivity contribution is 0.0959. The van der Waals surface area contributed by atoms with E-state index in [0.717, 1.165) is 16.8 Å². The molecule has 0 unspecified atom stereocenters. The Bertz CT molecular complexity index is 869. The number of thiophene rings is 1. The molecule has 1 aromatic heterocycles. The highest BCUT2D eigenvalue weighted by molar-refractivity contribution is 7.12. The zero-order valence-electron chi connectivity index (χ0n) is 14.6. The van der Waals surface area contributed by atoms with E-state index >= 15 is 0 Å². The number of benzene rings is 1. The molecule has 1 amide bonds. The van der Waals surface area contributed by atoms with Gasteiger partial charge in [-0.15, -0.1) is 11.3 Å². The Balaban J connectivity index is 1.86. The first-order chi connectivity index (χ1) is 11.8. The number of likely N-dealkylation sites (N-methyl/N-ethyl adjacent to an activating group) is 1. The van der Waals surface area contributed by atoms with Gasteiger partial charge in [-0.3, -0.25) is 4.79 Å². The molecular weight excluding hydrogens is 354 g/mol. The third kappa shape index (κ3) is 3.48. The topological polar surface area (TPSA) is 44.7 Å². The number of amides is 1. The van der Waals surface area contributed by atoms with Crippen molar-refractivity contribution in [2.24, 2.45) is 5.10 Å². The van der Waals surface area contributed by atoms with Crippen LogP contribution in [0, 0.1) is 0 Å². The number of nitrogens with zero attached hydrogens (tertiary/aromatic N) is 2. The van der Waals surface area contributed by atoms with E-state index < -0.39 is 0 Å². The molecule has 0 saturated heterocycles. The molecule has 1 N–H and O–H groups in total. The number of nitrogens with one attached hydrogen (secondary N) is 1. The number of rotatable bonds is 3. The number of hydrazone groups is 1. The number of anilines is 1. The van der Waals surface area contributed by atoms with Gasteiger partial charge >= 0.3 is 0 Å². The average molecular weight is 374 g/mol. The fourth-order valence-corrected chi connectivity index (χ4v) is 3.73. The molecule has 1 aliphatic rings. The van der Waals surface area contributed by atoms with Crippen LogP contribution < -0.4 is 10.3 Å². The summed E-state index contributed by atoms with van der Waals surface area (Å²) in [6.45, 7) is 6.44. The number of carbonyl (C=O) groups is 1. The van der Waals surface area contributed by atoms with Gasteiger partial charge in [0.25, 0.3) is 5.91 Å². The molecule has 2 aromatic rings. The van der Waals surface area contributed by atoms with Crippen molar-refractivity contribution in [2.75, 3.05) is 11.9 Å². The lowest BCUT2D eigenvalue weighted by Gasteiger charge is -2.40. The van der Waals surface area contributed by atoms with Crippen LogP contribution in [-0.2, 0) is 0 Å². The molecule has 1 aliphatic heterocycles. The summed E-state index contributed by atoms with van der Waals surface area (Å²) in [7, 11) is 2.06. The molecule has 130 valence electrons. The highest BCUT2D eigenvalue weighted by Gasteiger charge is 2.29. The number of hydrogen-bond donors (Lipinski definition) is 1. The lowest BCUT2D eigenvalue weighted by atomic mass is 9.88. The molecule has 0 atom stereocenters. The predicted octanol–water partition coefficient (Wildman–Crippen LogP) is 4.80. The first kappa shape index (κ1) is 17.7. The highest BCUT2D eigenvalue weighted by atomic mass is 35.5. The van der Waals surface area contributed by atoms with Crippen LogP contribution in [0.5, 0.6) is 0 Å². The molecule has 1 aromatic carbocycles. The molecule has 2 heterocycles. The Kier molecular flexibility index (Phi) is 4.71. The van der Waals surface area contributed by atoms with Crippen molar-refractivity contribution < 1.29 is 4.79 Å². The van der Waals surface area contributed by atoms with Gasteiger partial charge in [-0.05, 0) is 49.9 Å². The lowest BCUT2D eigenvalue weighted by Crippen LogP contribution is -2.42. The Hall–Kier alpha value is -2.11. The highest BCUT2D eigenvalue weighted by Crippen LogP contribution is 2.40. The summed E-state index contributed by atoms with van der Waals surface area (Å²) in [6.07, 6.45) is 3.82. The number of halogens is 1. The zero-order chi connectivity index (χ0) is 18.2. The summed E-state index contributed by atoms with van der Waals surface area (Å²) >= 11 is 7.81. The van der Waals surface area contributed by atoms with Crippen molar-refractivity contribution in [1.29, 1.82) is 0 Å². The molecule has 0 bridgehead atoms. The van der Waals surface area contributed by atoms with Gasteiger partial charge in [0.2, 0.25) is 0 Å². The molecular formula is C19H20ClN3OS. The van der Waals surface area contributed by atoms with Gasteiger partial charge < -0.3 is 4.90 Å². The molecule has 0 aliphatic carbocycles. The first-order valence-corrected chi connectivity index (χ1v) is 9.19. The average Bonchev–Trinajstić information content (AvgIpc) is 3.08. The fourth-order valence-electron chi connectivity index (χ4n) is 2.91. The summed E-state index contributed by atoms with van der Waals surface area (Å²) in [6, 6.07) is 7.55. The van der Waals surface area contributed by atoms with Crippen molar-refractivity contribution in [3.63, 3.8) is 0 Å². The van der Waals surface area contributed by atoms with E-state index in [4.69, 9.17) is 11.6 Å². The van der Waals surface area contributed by atoms with Crippen LogP contribution in [0.3, 0.4) is 0 Å². The Morgan fingerprint density at radius 1 is 1.40 bits per heavy atom. The maximum absolute atomic E-state index is 11.9. The minimum atomic E-state index is -0.224. The fraction of sp³-hybridized carbons (Fsp3) is 0.263. The van der Waals surface area contributed by atoms with E-state index in [1.165, 1.54) is 16.9 Å². The standard InChI is InChI=1S/C19H20ClN3OS/c1-12-10-19(2,3)23(4)16-9-15(20)13(8-14(12)16)11-21-22-18(24)17-6-5-7-25-17/h5-11H,1-4H3,(H,22,24)/b21-11-. The third-order valence-corrected chi connectivity index (χ3v) is 5.65. The first-order valence-electron chi connectivity index (χ1n) is 7.94. The summed E-state index contributed by atoms with van der Waals surface area (Å²) in [5.74, 6) is -0.224. The van der Waals surface area contributed by atoms with Crippen LogP contribution in [0.15, 0.2) is 40.8 Å². The molecule has 6 heteroatoms. The van der Waals surface area contributed by atoms with E-state index in [-0.39, 0.29) is 11.4 Å². The van der Waals surface area contributed by atoms with Crippen molar-refractivity contribution >= 4 is 46.3 Å². The number of hydrogen-bond acceptors (Lipinski definition) is 4. The van der Waals surface area contributed by atoms with E-state index in [0.29, 0.717) is 9.90 Å². The Morgan fingerprint density at radius 3 is 2.84 bits per heavy atom. The van der Waals surface area contributed by atoms with E-state index in [9.17, 15) is 4.79 Å². The summed E-state index contributed by atoms with van der Waals surface area (Å²) in [5.41, 5.74) is 6.65. The second kappa shape index (κ2) is 6.65. The minimum absolute atomic E-state index is 0.0648. The maximum Gasteiger partial charge on any atom is 0.281 e. The van der Waals surface area contributed by atoms with Crippen molar-refractivity contribution in [2.45, 2.75) is 26.3 Å². The van der Waals surface area contributed by atoms with Crippen molar-refractivity contribution in [3.05, 3.63) is 56.7 Å². The minimum Gasteiger partial charge on any atom is -0.365 e. The van der Waals surface area contributed by atoms with E-state index in [1.54, 1.807) is 12.3 Å². The van der Waals surface area contributed by atoms with Crippen LogP contribution in [0.2, 0.25) is 5.02 Å². The maximum atomic E-state index is 11.9. The molecule has 0 saturated carbocycles. The zero-order valence-corrected chi connectivity index (χ0v) is 16.2. The molecule has 0 radical (unpaired) electrons. The number of allylic oxidation sites excluding steroid dienone is 1. The second-order valence-electron chi connectivity index (χ2n) is 6.61. The molecule has 0 spiro atoms. The van der Waals surface area contributed by atoms with Gasteiger partial charge in [0, 0.05) is 23.9 Å². The Labute approximate surface area is 156 Å². The largest absolute Gasteiger partial charge is 0.365 e. The summed E-state index contributed by atoms with van der Waals surface area (Å²) in [5, 5.41) is 6.50. The van der Waals surface area contributed by atoms with Gasteiger partial charge in [0.05, 0.1) is 21.7 Å². The summed E-state index contributed by atoms with van der Waals surface area (Å²) < 4.78 is 0. The number of fused-ring (bicyclic) bond motifs is 1. The second-order valence-corrected chi connectivity index (χ2v) is 7.96. The normalized spacial score (nSPS) is 15.9. The van der Waals surface area contributed by atoms with Crippen molar-refractivity contribution in [3.8, 4) is 0 Å².